The van der Waals surface area contributed by atoms with Gasteiger partial charge >= 0.3 is 11.9 Å². The molecule has 43 heavy (non-hydrogen) atoms. The zero-order chi connectivity index (χ0) is 30.9. The lowest BCUT2D eigenvalue weighted by molar-refractivity contribution is -0.213. The molecular weight excluding hydrogens is 546 g/mol. The number of esters is 2. The van der Waals surface area contributed by atoms with Crippen molar-refractivity contribution >= 4 is 17.7 Å². The van der Waals surface area contributed by atoms with Gasteiger partial charge in [-0.2, -0.15) is 0 Å². The number of hydrogen-bond donors (Lipinski definition) is 0. The van der Waals surface area contributed by atoms with E-state index in [0.717, 1.165) is 37.5 Å². The molecule has 0 N–H and O–H groups in total. The van der Waals surface area contributed by atoms with Crippen molar-refractivity contribution in [2.45, 2.75) is 124 Å². The van der Waals surface area contributed by atoms with Crippen LogP contribution >= 0.6 is 0 Å². The Hall–Kier alpha value is -2.19. The number of ether oxygens (including phenoxy) is 4. The molecule has 5 aliphatic rings. The van der Waals surface area contributed by atoms with Crippen molar-refractivity contribution in [3.05, 3.63) is 23.8 Å². The fourth-order valence-corrected chi connectivity index (χ4v) is 9.31. The zero-order valence-corrected chi connectivity index (χ0v) is 27.3. The van der Waals surface area contributed by atoms with E-state index in [1.165, 1.54) is 45.2 Å². The van der Waals surface area contributed by atoms with Crippen LogP contribution in [0.25, 0.3) is 0 Å². The Bertz CT molecular complexity index is 1130. The summed E-state index contributed by atoms with van der Waals surface area (Å²) in [6.45, 7) is 15.0. The number of fused-ring (bicyclic) bond motifs is 5. The van der Waals surface area contributed by atoms with Gasteiger partial charge < -0.3 is 23.8 Å². The summed E-state index contributed by atoms with van der Waals surface area (Å²) in [5.41, 5.74) is 3.26. The summed E-state index contributed by atoms with van der Waals surface area (Å²) in [5.74, 6) is 2.36. The van der Waals surface area contributed by atoms with E-state index in [9.17, 15) is 9.59 Å². The molecule has 10 atom stereocenters. The standard InChI is InChI=1S/C35H53NO7/c1-21(2)19-40-36-22(3)28-10-11-29-27-9-8-25-18-26(14-16-34(25,6)30(27)15-17-35(28,29)7)42-33-13-12-31(41-24(5)38)32(43-33)20-39-23(4)37/h8,12-13,21,26-33H,9-11,14-20H2,1-7H3/b36-22+/t26-,27-,28+,29-,30-,31-,32+,33?,34-,35+/m0/s1. The number of hydrogen-bond acceptors (Lipinski definition) is 8. The molecule has 1 heterocycles. The number of carbonyl (C=O) groups excluding carboxylic acids is 2. The summed E-state index contributed by atoms with van der Waals surface area (Å²) in [6, 6.07) is 0. The molecule has 0 aromatic rings. The number of oxime groups is 1. The molecule has 3 saturated carbocycles. The van der Waals surface area contributed by atoms with E-state index < -0.39 is 30.4 Å². The first-order chi connectivity index (χ1) is 20.4. The van der Waals surface area contributed by atoms with Crippen LogP contribution in [-0.4, -0.2) is 55.5 Å². The molecule has 240 valence electrons. The van der Waals surface area contributed by atoms with Gasteiger partial charge in [-0.15, -0.1) is 0 Å². The summed E-state index contributed by atoms with van der Waals surface area (Å²) in [7, 11) is 0. The second kappa shape index (κ2) is 13.0. The first kappa shape index (κ1) is 32.2. The second-order valence-electron chi connectivity index (χ2n) is 14.7. The Balaban J connectivity index is 1.23. The minimum absolute atomic E-state index is 0.00568. The predicted molar refractivity (Wildman–Crippen MR) is 164 cm³/mol. The van der Waals surface area contributed by atoms with Crippen LogP contribution in [0.1, 0.15) is 99.8 Å². The maximum Gasteiger partial charge on any atom is 0.303 e. The third-order valence-corrected chi connectivity index (χ3v) is 11.4. The lowest BCUT2D eigenvalue weighted by Crippen LogP contribution is -2.51. The van der Waals surface area contributed by atoms with E-state index in [1.54, 1.807) is 11.6 Å². The highest BCUT2D eigenvalue weighted by molar-refractivity contribution is 5.85. The average molecular weight is 600 g/mol. The molecule has 1 aliphatic heterocycles. The van der Waals surface area contributed by atoms with Gasteiger partial charge in [0.2, 0.25) is 0 Å². The summed E-state index contributed by atoms with van der Waals surface area (Å²) in [5, 5.41) is 4.59. The van der Waals surface area contributed by atoms with Crippen LogP contribution in [0.3, 0.4) is 0 Å². The van der Waals surface area contributed by atoms with E-state index in [-0.39, 0.29) is 18.1 Å². The molecule has 5 rings (SSSR count). The largest absolute Gasteiger partial charge is 0.463 e. The summed E-state index contributed by atoms with van der Waals surface area (Å²) < 4.78 is 23.1. The van der Waals surface area contributed by atoms with Gasteiger partial charge in [-0.3, -0.25) is 9.59 Å². The van der Waals surface area contributed by atoms with Crippen molar-refractivity contribution in [2.75, 3.05) is 13.2 Å². The monoisotopic (exact) mass is 599 g/mol. The van der Waals surface area contributed by atoms with Crippen molar-refractivity contribution in [3.8, 4) is 0 Å². The third kappa shape index (κ3) is 6.75. The SMILES string of the molecule is CC(=O)OC[C@H]1OC(O[C@H]2CC[C@@]3(C)C(=CC[C@H]4[C@@H]5CC[C@H](/C(C)=N/OCC(C)C)[C@@]5(C)CC[C@@H]43)C2)C=C[C@@H]1OC(C)=O. The minimum Gasteiger partial charge on any atom is -0.463 e. The summed E-state index contributed by atoms with van der Waals surface area (Å²) in [4.78, 5) is 28.7. The number of allylic oxidation sites excluding steroid dienone is 1. The highest BCUT2D eigenvalue weighted by Crippen LogP contribution is 2.66. The van der Waals surface area contributed by atoms with Gasteiger partial charge in [0.25, 0.3) is 0 Å². The number of rotatable bonds is 9. The molecule has 0 aromatic heterocycles. The van der Waals surface area contributed by atoms with Crippen molar-refractivity contribution in [1.82, 2.24) is 0 Å². The van der Waals surface area contributed by atoms with Crippen LogP contribution in [0.2, 0.25) is 0 Å². The van der Waals surface area contributed by atoms with Crippen LogP contribution in [0, 0.1) is 40.4 Å². The Morgan fingerprint density at radius 3 is 2.53 bits per heavy atom. The maximum atomic E-state index is 11.6. The van der Waals surface area contributed by atoms with E-state index in [4.69, 9.17) is 23.8 Å². The summed E-state index contributed by atoms with van der Waals surface area (Å²) >= 11 is 0. The first-order valence-electron chi connectivity index (χ1n) is 16.6. The Labute approximate surface area is 257 Å². The molecule has 0 bridgehead atoms. The van der Waals surface area contributed by atoms with Crippen LogP contribution in [0.4, 0.5) is 0 Å². The zero-order valence-electron chi connectivity index (χ0n) is 27.3. The fourth-order valence-electron chi connectivity index (χ4n) is 9.31. The molecule has 1 unspecified atom stereocenters. The fraction of sp³-hybridized carbons (Fsp3) is 0.800. The number of carbonyl (C=O) groups is 2. The van der Waals surface area contributed by atoms with Crippen molar-refractivity contribution < 1.29 is 33.4 Å². The van der Waals surface area contributed by atoms with Gasteiger partial charge in [0.15, 0.2) is 6.29 Å². The highest BCUT2D eigenvalue weighted by atomic mass is 16.7. The lowest BCUT2D eigenvalue weighted by atomic mass is 9.47. The van der Waals surface area contributed by atoms with E-state index in [1.807, 2.05) is 6.08 Å². The van der Waals surface area contributed by atoms with Crippen LogP contribution in [-0.2, 0) is 33.4 Å². The molecule has 0 saturated heterocycles. The third-order valence-electron chi connectivity index (χ3n) is 11.4. The van der Waals surface area contributed by atoms with Crippen LogP contribution in [0.15, 0.2) is 29.0 Å². The molecule has 0 aromatic carbocycles. The highest BCUT2D eigenvalue weighted by Gasteiger charge is 2.59. The van der Waals surface area contributed by atoms with Crippen molar-refractivity contribution in [3.63, 3.8) is 0 Å². The Morgan fingerprint density at radius 2 is 1.81 bits per heavy atom. The molecule has 0 amide bonds. The van der Waals surface area contributed by atoms with Gasteiger partial charge in [-0.1, -0.05) is 44.5 Å². The maximum absolute atomic E-state index is 11.6. The second-order valence-corrected chi connectivity index (χ2v) is 14.7. The predicted octanol–water partition coefficient (Wildman–Crippen LogP) is 6.78. The quantitative estimate of drug-likeness (QED) is 0.125. The van der Waals surface area contributed by atoms with E-state index in [2.05, 4.69) is 45.9 Å². The smallest absolute Gasteiger partial charge is 0.303 e. The lowest BCUT2D eigenvalue weighted by Gasteiger charge is -2.58. The normalized spacial score (nSPS) is 40.7. The van der Waals surface area contributed by atoms with Crippen molar-refractivity contribution in [1.29, 1.82) is 0 Å². The van der Waals surface area contributed by atoms with E-state index in [0.29, 0.717) is 29.8 Å². The minimum atomic E-state index is -0.612. The molecular formula is C35H53NO7. The first-order valence-corrected chi connectivity index (χ1v) is 16.6. The van der Waals surface area contributed by atoms with Crippen LogP contribution < -0.4 is 0 Å². The Kier molecular flexibility index (Phi) is 9.77. The molecule has 3 fully saturated rings. The summed E-state index contributed by atoms with van der Waals surface area (Å²) in [6.07, 6.45) is 13.6. The molecule has 8 heteroatoms. The molecule has 0 radical (unpaired) electrons. The molecule has 4 aliphatic carbocycles. The van der Waals surface area contributed by atoms with Gasteiger partial charge in [0.05, 0.1) is 11.8 Å². The van der Waals surface area contributed by atoms with Gasteiger partial charge in [-0.05, 0) is 105 Å². The topological polar surface area (TPSA) is 92.7 Å². The van der Waals surface area contributed by atoms with Gasteiger partial charge in [0, 0.05) is 19.8 Å². The van der Waals surface area contributed by atoms with Gasteiger partial charge in [0.1, 0.15) is 25.4 Å². The van der Waals surface area contributed by atoms with Gasteiger partial charge in [-0.25, -0.2) is 0 Å². The number of nitrogens with zero attached hydrogens (tertiary/aromatic N) is 1. The molecule has 8 nitrogen and oxygen atoms in total. The van der Waals surface area contributed by atoms with Crippen LogP contribution in [0.5, 0.6) is 0 Å². The molecule has 0 spiro atoms. The average Bonchev–Trinajstić information content (AvgIpc) is 3.30. The van der Waals surface area contributed by atoms with E-state index >= 15 is 0 Å². The van der Waals surface area contributed by atoms with Crippen molar-refractivity contribution in [2.24, 2.45) is 45.6 Å². The Morgan fingerprint density at radius 1 is 1.02 bits per heavy atom.